The van der Waals surface area contributed by atoms with Crippen LogP contribution < -0.4 is 10.5 Å². The number of nitrogens with two attached hydrogens (primary N) is 1. The first kappa shape index (κ1) is 18.5. The molecule has 2 aromatic rings. The number of hydrogen-bond donors (Lipinski definition) is 1. The fraction of sp³-hybridized carbons (Fsp3) is 0.455. The van der Waals surface area contributed by atoms with Crippen LogP contribution in [-0.4, -0.2) is 13.2 Å². The third-order valence-electron chi connectivity index (χ3n) is 4.48. The number of ether oxygens (including phenoxy) is 1. The van der Waals surface area contributed by atoms with Crippen molar-refractivity contribution in [3.8, 4) is 5.75 Å². The van der Waals surface area contributed by atoms with Gasteiger partial charge in [0.15, 0.2) is 0 Å². The van der Waals surface area contributed by atoms with Crippen molar-refractivity contribution in [1.82, 2.24) is 0 Å². The molecule has 2 nitrogen and oxygen atoms in total. The Morgan fingerprint density at radius 2 is 1.79 bits per heavy atom. The second-order valence-electron chi connectivity index (χ2n) is 6.60. The predicted octanol–water partition coefficient (Wildman–Crippen LogP) is 5.24. The summed E-state index contributed by atoms with van der Waals surface area (Å²) in [6.45, 7) is 5.81. The van der Waals surface area contributed by atoms with E-state index < -0.39 is 0 Å². The van der Waals surface area contributed by atoms with E-state index in [0.29, 0.717) is 12.5 Å². The van der Waals surface area contributed by atoms with Gasteiger partial charge in [0, 0.05) is 5.92 Å². The average Bonchev–Trinajstić information content (AvgIpc) is 2.61. The Kier molecular flexibility index (Phi) is 7.84. The molecule has 0 amide bonds. The lowest BCUT2D eigenvalue weighted by molar-refractivity contribution is 0.304. The number of hydrogen-bond acceptors (Lipinski definition) is 2. The van der Waals surface area contributed by atoms with E-state index in [1.807, 2.05) is 6.07 Å². The van der Waals surface area contributed by atoms with E-state index in [1.165, 1.54) is 36.0 Å². The average molecular weight is 325 g/mol. The molecular weight excluding hydrogens is 294 g/mol. The van der Waals surface area contributed by atoms with Gasteiger partial charge in [0.2, 0.25) is 0 Å². The van der Waals surface area contributed by atoms with Gasteiger partial charge in [-0.25, -0.2) is 0 Å². The lowest BCUT2D eigenvalue weighted by Gasteiger charge is -2.16. The molecule has 0 radical (unpaired) electrons. The smallest absolute Gasteiger partial charge is 0.119 e. The summed E-state index contributed by atoms with van der Waals surface area (Å²) in [5.74, 6) is 1.33. The highest BCUT2D eigenvalue weighted by molar-refractivity contribution is 5.32. The number of rotatable bonds is 10. The van der Waals surface area contributed by atoms with E-state index in [4.69, 9.17) is 10.5 Å². The third kappa shape index (κ3) is 6.01. The van der Waals surface area contributed by atoms with Gasteiger partial charge in [-0.05, 0) is 49.6 Å². The lowest BCUT2D eigenvalue weighted by Crippen LogP contribution is -2.15. The Bertz CT molecular complexity index is 591. The number of benzene rings is 2. The zero-order chi connectivity index (χ0) is 17.2. The minimum atomic E-state index is 0.352. The molecule has 0 fully saturated rings. The van der Waals surface area contributed by atoms with Crippen LogP contribution in [-0.2, 0) is 6.42 Å². The summed E-state index contributed by atoms with van der Waals surface area (Å²) in [5.41, 5.74) is 9.91. The topological polar surface area (TPSA) is 35.2 Å². The fourth-order valence-corrected chi connectivity index (χ4v) is 2.94. The predicted molar refractivity (Wildman–Crippen MR) is 103 cm³/mol. The van der Waals surface area contributed by atoms with Gasteiger partial charge >= 0.3 is 0 Å². The van der Waals surface area contributed by atoms with Crippen LogP contribution >= 0.6 is 0 Å². The monoisotopic (exact) mass is 325 g/mol. The van der Waals surface area contributed by atoms with E-state index in [-0.39, 0.29) is 0 Å². The molecule has 0 spiro atoms. The van der Waals surface area contributed by atoms with Crippen LogP contribution in [0.2, 0.25) is 0 Å². The zero-order valence-corrected chi connectivity index (χ0v) is 15.1. The molecular formula is C22H31NO. The van der Waals surface area contributed by atoms with E-state index in [9.17, 15) is 0 Å². The Morgan fingerprint density at radius 1 is 1.00 bits per heavy atom. The Balaban J connectivity index is 1.93. The Hall–Kier alpha value is -1.80. The van der Waals surface area contributed by atoms with Crippen molar-refractivity contribution in [1.29, 1.82) is 0 Å². The second-order valence-corrected chi connectivity index (χ2v) is 6.60. The highest BCUT2D eigenvalue weighted by Gasteiger charge is 2.11. The van der Waals surface area contributed by atoms with Gasteiger partial charge in [-0.3, -0.25) is 0 Å². The SMILES string of the molecule is CCCCCCOc1cccc(CC(CN)c2ccc(C)cc2)c1. The van der Waals surface area contributed by atoms with Gasteiger partial charge in [0.05, 0.1) is 6.61 Å². The van der Waals surface area contributed by atoms with Gasteiger partial charge in [-0.1, -0.05) is 68.1 Å². The minimum Gasteiger partial charge on any atom is -0.494 e. The Labute approximate surface area is 147 Å². The van der Waals surface area contributed by atoms with E-state index in [1.54, 1.807) is 0 Å². The molecule has 2 heteroatoms. The largest absolute Gasteiger partial charge is 0.494 e. The summed E-state index contributed by atoms with van der Waals surface area (Å²) in [6.07, 6.45) is 5.88. The van der Waals surface area contributed by atoms with Gasteiger partial charge < -0.3 is 10.5 Å². The first-order chi connectivity index (χ1) is 11.7. The summed E-state index contributed by atoms with van der Waals surface area (Å²) in [5, 5.41) is 0. The quantitative estimate of drug-likeness (QED) is 0.606. The summed E-state index contributed by atoms with van der Waals surface area (Å²) >= 11 is 0. The molecule has 0 saturated heterocycles. The highest BCUT2D eigenvalue weighted by atomic mass is 16.5. The standard InChI is InChI=1S/C22H31NO/c1-3-4-5-6-14-24-22-9-7-8-19(16-22)15-21(17-23)20-12-10-18(2)11-13-20/h7-13,16,21H,3-6,14-15,17,23H2,1-2H3. The van der Waals surface area contributed by atoms with E-state index in [2.05, 4.69) is 56.3 Å². The molecule has 24 heavy (non-hydrogen) atoms. The van der Waals surface area contributed by atoms with Crippen molar-refractivity contribution >= 4 is 0 Å². The maximum absolute atomic E-state index is 6.02. The molecule has 0 bridgehead atoms. The zero-order valence-electron chi connectivity index (χ0n) is 15.1. The van der Waals surface area contributed by atoms with E-state index in [0.717, 1.165) is 25.2 Å². The molecule has 0 aromatic heterocycles. The van der Waals surface area contributed by atoms with Gasteiger partial charge in [-0.2, -0.15) is 0 Å². The molecule has 130 valence electrons. The number of unbranched alkanes of at least 4 members (excludes halogenated alkanes) is 3. The maximum atomic E-state index is 6.02. The molecule has 2 aromatic carbocycles. The van der Waals surface area contributed by atoms with Crippen molar-refractivity contribution in [2.45, 2.75) is 51.9 Å². The van der Waals surface area contributed by atoms with Crippen molar-refractivity contribution in [3.63, 3.8) is 0 Å². The van der Waals surface area contributed by atoms with E-state index >= 15 is 0 Å². The molecule has 0 heterocycles. The van der Waals surface area contributed by atoms with Crippen LogP contribution in [0, 0.1) is 6.92 Å². The highest BCUT2D eigenvalue weighted by Crippen LogP contribution is 2.23. The summed E-state index contributed by atoms with van der Waals surface area (Å²) in [4.78, 5) is 0. The maximum Gasteiger partial charge on any atom is 0.119 e. The molecule has 2 N–H and O–H groups in total. The van der Waals surface area contributed by atoms with Gasteiger partial charge in [0.25, 0.3) is 0 Å². The summed E-state index contributed by atoms with van der Waals surface area (Å²) < 4.78 is 5.90. The molecule has 2 rings (SSSR count). The van der Waals surface area contributed by atoms with Gasteiger partial charge in [-0.15, -0.1) is 0 Å². The van der Waals surface area contributed by atoms with Crippen molar-refractivity contribution in [3.05, 3.63) is 65.2 Å². The third-order valence-corrected chi connectivity index (χ3v) is 4.48. The molecule has 1 atom stereocenters. The van der Waals surface area contributed by atoms with Crippen LogP contribution in [0.4, 0.5) is 0 Å². The normalized spacial score (nSPS) is 12.1. The lowest BCUT2D eigenvalue weighted by atomic mass is 9.91. The number of aryl methyl sites for hydroxylation is 1. The Morgan fingerprint density at radius 3 is 2.50 bits per heavy atom. The molecule has 0 aliphatic rings. The molecule has 1 unspecified atom stereocenters. The van der Waals surface area contributed by atoms with Crippen molar-refractivity contribution in [2.75, 3.05) is 13.2 Å². The first-order valence-corrected chi connectivity index (χ1v) is 9.21. The van der Waals surface area contributed by atoms with Gasteiger partial charge in [0.1, 0.15) is 5.75 Å². The van der Waals surface area contributed by atoms with Crippen molar-refractivity contribution in [2.24, 2.45) is 5.73 Å². The molecule has 0 saturated carbocycles. The van der Waals surface area contributed by atoms with Crippen LogP contribution in [0.25, 0.3) is 0 Å². The summed E-state index contributed by atoms with van der Waals surface area (Å²) in [6, 6.07) is 17.2. The summed E-state index contributed by atoms with van der Waals surface area (Å²) in [7, 11) is 0. The molecule has 0 aliphatic heterocycles. The fourth-order valence-electron chi connectivity index (χ4n) is 2.94. The van der Waals surface area contributed by atoms with Crippen LogP contribution in [0.15, 0.2) is 48.5 Å². The first-order valence-electron chi connectivity index (χ1n) is 9.21. The van der Waals surface area contributed by atoms with Crippen LogP contribution in [0.1, 0.15) is 55.2 Å². The molecule has 0 aliphatic carbocycles. The second kappa shape index (κ2) is 10.1. The van der Waals surface area contributed by atoms with Crippen molar-refractivity contribution < 1.29 is 4.74 Å². The van der Waals surface area contributed by atoms with Crippen LogP contribution in [0.5, 0.6) is 5.75 Å². The van der Waals surface area contributed by atoms with Crippen LogP contribution in [0.3, 0.4) is 0 Å². The minimum absolute atomic E-state index is 0.352.